The molecule has 0 aliphatic rings. The summed E-state index contributed by atoms with van der Waals surface area (Å²) in [5.41, 5.74) is 0.916. The fourth-order valence-corrected chi connectivity index (χ4v) is 2.26. The number of benzene rings is 1. The lowest BCUT2D eigenvalue weighted by molar-refractivity contribution is 0.432. The van der Waals surface area contributed by atoms with Gasteiger partial charge in [-0.3, -0.25) is 0 Å². The van der Waals surface area contributed by atoms with Crippen LogP contribution in [0.25, 0.3) is 0 Å². The summed E-state index contributed by atoms with van der Waals surface area (Å²) >= 11 is 6.79. The minimum absolute atomic E-state index is 0.155. The highest BCUT2D eigenvalue weighted by atomic mass is 35.5. The second-order valence-electron chi connectivity index (χ2n) is 3.43. The van der Waals surface area contributed by atoms with Gasteiger partial charge in [-0.25, -0.2) is 4.39 Å². The first-order valence-corrected chi connectivity index (χ1v) is 6.03. The maximum absolute atomic E-state index is 13.1. The fourth-order valence-electron chi connectivity index (χ4n) is 1.33. The first-order chi connectivity index (χ1) is 8.61. The molecule has 0 saturated heterocycles. The molecule has 0 saturated carbocycles. The molecule has 0 fully saturated rings. The van der Waals surface area contributed by atoms with Crippen molar-refractivity contribution in [3.8, 4) is 11.8 Å². The molecule has 0 spiro atoms. The molecule has 0 atom stereocenters. The zero-order valence-electron chi connectivity index (χ0n) is 8.94. The van der Waals surface area contributed by atoms with Gasteiger partial charge in [0.2, 0.25) is 0 Å². The van der Waals surface area contributed by atoms with E-state index >= 15 is 0 Å². The van der Waals surface area contributed by atoms with Crippen molar-refractivity contribution in [2.45, 2.75) is 6.54 Å². The van der Waals surface area contributed by atoms with E-state index in [1.165, 1.54) is 12.1 Å². The minimum atomic E-state index is -0.683. The van der Waals surface area contributed by atoms with Gasteiger partial charge < -0.3 is 10.4 Å². The van der Waals surface area contributed by atoms with Gasteiger partial charge >= 0.3 is 0 Å². The van der Waals surface area contributed by atoms with E-state index in [-0.39, 0.29) is 10.7 Å². The highest BCUT2D eigenvalue weighted by Gasteiger charge is 2.11. The zero-order chi connectivity index (χ0) is 13.1. The fraction of sp³-hybridized carbons (Fsp3) is 0.0909. The van der Waals surface area contributed by atoms with E-state index in [2.05, 4.69) is 9.69 Å². The standard InChI is InChI=1S/C11H7ClFN3OS/c12-10-7(4-14)11(18-16-10)15-5-6-1-2-9(17)8(13)3-6/h1-3,15,17H,5H2. The lowest BCUT2D eigenvalue weighted by Crippen LogP contribution is -1.99. The Labute approximate surface area is 111 Å². The van der Waals surface area contributed by atoms with Crippen molar-refractivity contribution >= 4 is 28.1 Å². The molecular formula is C11H7ClFN3OS. The van der Waals surface area contributed by atoms with Crippen LogP contribution in [-0.4, -0.2) is 9.48 Å². The molecule has 7 heteroatoms. The zero-order valence-corrected chi connectivity index (χ0v) is 10.5. The van der Waals surface area contributed by atoms with Crippen LogP contribution in [0.5, 0.6) is 5.75 Å². The van der Waals surface area contributed by atoms with E-state index in [9.17, 15) is 4.39 Å². The lowest BCUT2D eigenvalue weighted by Gasteiger charge is -2.04. The smallest absolute Gasteiger partial charge is 0.165 e. The van der Waals surface area contributed by atoms with Crippen molar-refractivity contribution in [3.05, 3.63) is 40.3 Å². The van der Waals surface area contributed by atoms with E-state index in [0.717, 1.165) is 11.5 Å². The van der Waals surface area contributed by atoms with Gasteiger partial charge in [0.15, 0.2) is 16.7 Å². The van der Waals surface area contributed by atoms with Crippen LogP contribution in [0, 0.1) is 17.1 Å². The lowest BCUT2D eigenvalue weighted by atomic mass is 10.2. The van der Waals surface area contributed by atoms with Gasteiger partial charge in [0, 0.05) is 6.54 Å². The maximum atomic E-state index is 13.1. The number of halogens is 2. The summed E-state index contributed by atoms with van der Waals surface area (Å²) in [6.07, 6.45) is 0. The highest BCUT2D eigenvalue weighted by molar-refractivity contribution is 7.10. The van der Waals surface area contributed by atoms with Crippen LogP contribution in [-0.2, 0) is 6.54 Å². The van der Waals surface area contributed by atoms with Crippen LogP contribution in [0.1, 0.15) is 11.1 Å². The number of hydrogen-bond donors (Lipinski definition) is 2. The molecule has 0 unspecified atom stereocenters. The number of hydrogen-bond acceptors (Lipinski definition) is 5. The van der Waals surface area contributed by atoms with Crippen LogP contribution in [0.3, 0.4) is 0 Å². The number of aromatic nitrogens is 1. The van der Waals surface area contributed by atoms with Crippen LogP contribution in [0.15, 0.2) is 18.2 Å². The summed E-state index contributed by atoms with van der Waals surface area (Å²) in [5.74, 6) is -1.07. The van der Waals surface area contributed by atoms with E-state index < -0.39 is 11.6 Å². The molecule has 1 aromatic heterocycles. The molecule has 2 aromatic rings. The average molecular weight is 284 g/mol. The SMILES string of the molecule is N#Cc1c(Cl)nsc1NCc1ccc(O)c(F)c1. The summed E-state index contributed by atoms with van der Waals surface area (Å²) in [7, 11) is 0. The van der Waals surface area contributed by atoms with Crippen LogP contribution >= 0.6 is 23.1 Å². The molecule has 1 heterocycles. The van der Waals surface area contributed by atoms with Crippen LogP contribution < -0.4 is 5.32 Å². The van der Waals surface area contributed by atoms with Gasteiger partial charge in [0.05, 0.1) is 0 Å². The predicted molar refractivity (Wildman–Crippen MR) is 67.2 cm³/mol. The van der Waals surface area contributed by atoms with Crippen molar-refractivity contribution in [1.82, 2.24) is 4.37 Å². The first kappa shape index (κ1) is 12.6. The number of aromatic hydroxyl groups is 1. The number of phenols is 1. The van der Waals surface area contributed by atoms with Crippen molar-refractivity contribution < 1.29 is 9.50 Å². The van der Waals surface area contributed by atoms with E-state index in [4.69, 9.17) is 22.0 Å². The molecule has 4 nitrogen and oxygen atoms in total. The second-order valence-corrected chi connectivity index (χ2v) is 4.56. The Morgan fingerprint density at radius 2 is 2.33 bits per heavy atom. The Bertz CT molecular complexity index is 623. The molecule has 0 aliphatic carbocycles. The third kappa shape index (κ3) is 2.53. The first-order valence-electron chi connectivity index (χ1n) is 4.88. The number of nitrogens with zero attached hydrogens (tertiary/aromatic N) is 2. The molecule has 0 bridgehead atoms. The number of nitrogens with one attached hydrogen (secondary N) is 1. The molecule has 1 aromatic carbocycles. The predicted octanol–water partition coefficient (Wildman–Crippen LogP) is 3.12. The normalized spacial score (nSPS) is 10.1. The number of rotatable bonds is 3. The van der Waals surface area contributed by atoms with Gasteiger partial charge in [0.1, 0.15) is 16.6 Å². The molecule has 18 heavy (non-hydrogen) atoms. The third-order valence-electron chi connectivity index (χ3n) is 2.23. The Kier molecular flexibility index (Phi) is 3.65. The van der Waals surface area contributed by atoms with Crippen LogP contribution in [0.2, 0.25) is 5.15 Å². The Hall–Kier alpha value is -1.84. The molecule has 0 aliphatic heterocycles. The number of nitriles is 1. The topological polar surface area (TPSA) is 68.9 Å². The number of anilines is 1. The number of phenolic OH excluding ortho intramolecular Hbond substituents is 1. The summed E-state index contributed by atoms with van der Waals surface area (Å²) < 4.78 is 16.9. The molecule has 2 N–H and O–H groups in total. The average Bonchev–Trinajstić information content (AvgIpc) is 2.71. The minimum Gasteiger partial charge on any atom is -0.505 e. The van der Waals surface area contributed by atoms with Gasteiger partial charge in [-0.15, -0.1) is 0 Å². The molecule has 2 rings (SSSR count). The third-order valence-corrected chi connectivity index (χ3v) is 3.41. The largest absolute Gasteiger partial charge is 0.505 e. The van der Waals surface area contributed by atoms with Crippen molar-refractivity contribution in [2.24, 2.45) is 0 Å². The van der Waals surface area contributed by atoms with E-state index in [1.807, 2.05) is 6.07 Å². The van der Waals surface area contributed by atoms with E-state index in [1.54, 1.807) is 6.07 Å². The maximum Gasteiger partial charge on any atom is 0.165 e. The van der Waals surface area contributed by atoms with Gasteiger partial charge in [-0.1, -0.05) is 17.7 Å². The Balaban J connectivity index is 2.12. The monoisotopic (exact) mass is 283 g/mol. The van der Waals surface area contributed by atoms with Crippen molar-refractivity contribution in [2.75, 3.05) is 5.32 Å². The van der Waals surface area contributed by atoms with Crippen molar-refractivity contribution in [1.29, 1.82) is 5.26 Å². The van der Waals surface area contributed by atoms with E-state index in [0.29, 0.717) is 17.1 Å². The summed E-state index contributed by atoms with van der Waals surface area (Å²) in [4.78, 5) is 0. The molecule has 92 valence electrons. The second kappa shape index (κ2) is 5.21. The molecule has 0 radical (unpaired) electrons. The summed E-state index contributed by atoms with van der Waals surface area (Å²) in [6.45, 7) is 0.310. The van der Waals surface area contributed by atoms with Gasteiger partial charge in [-0.2, -0.15) is 9.64 Å². The van der Waals surface area contributed by atoms with Gasteiger partial charge in [-0.05, 0) is 29.2 Å². The summed E-state index contributed by atoms with van der Waals surface area (Å²) in [5, 5.41) is 21.6. The Morgan fingerprint density at radius 1 is 1.56 bits per heavy atom. The Morgan fingerprint density at radius 3 is 3.00 bits per heavy atom. The summed E-state index contributed by atoms with van der Waals surface area (Å²) in [6, 6.07) is 6.02. The quantitative estimate of drug-likeness (QED) is 0.908. The van der Waals surface area contributed by atoms with Crippen LogP contribution in [0.4, 0.5) is 9.39 Å². The van der Waals surface area contributed by atoms with Gasteiger partial charge in [0.25, 0.3) is 0 Å². The highest BCUT2D eigenvalue weighted by Crippen LogP contribution is 2.28. The molecule has 0 amide bonds. The molecular weight excluding hydrogens is 277 g/mol. The van der Waals surface area contributed by atoms with Crippen molar-refractivity contribution in [3.63, 3.8) is 0 Å².